The van der Waals surface area contributed by atoms with E-state index in [-0.39, 0.29) is 5.91 Å². The van der Waals surface area contributed by atoms with Gasteiger partial charge in [0.25, 0.3) is 11.8 Å². The number of anilines is 1. The molecule has 0 radical (unpaired) electrons. The highest BCUT2D eigenvalue weighted by Gasteiger charge is 2.26. The van der Waals surface area contributed by atoms with Gasteiger partial charge in [0.2, 0.25) is 0 Å². The van der Waals surface area contributed by atoms with Gasteiger partial charge in [-0.25, -0.2) is 0 Å². The maximum atomic E-state index is 12.2. The fourth-order valence-corrected chi connectivity index (χ4v) is 5.10. The Labute approximate surface area is 132 Å². The second-order valence-electron chi connectivity index (χ2n) is 4.48. The summed E-state index contributed by atoms with van der Waals surface area (Å²) in [7, 11) is 0. The first-order valence-corrected chi connectivity index (χ1v) is 8.55. The number of primary amides is 1. The highest BCUT2D eigenvalue weighted by Crippen LogP contribution is 2.39. The molecule has 0 aromatic carbocycles. The Kier molecular flexibility index (Phi) is 3.66. The first-order valence-electron chi connectivity index (χ1n) is 6.06. The molecule has 20 heavy (non-hydrogen) atoms. The van der Waals surface area contributed by atoms with Crippen molar-refractivity contribution in [1.82, 2.24) is 0 Å². The topological polar surface area (TPSA) is 72.2 Å². The van der Waals surface area contributed by atoms with Gasteiger partial charge in [0.1, 0.15) is 9.88 Å². The van der Waals surface area contributed by atoms with E-state index in [4.69, 9.17) is 5.73 Å². The average molecular weight is 371 g/mol. The lowest BCUT2D eigenvalue weighted by molar-refractivity contribution is 0.100. The van der Waals surface area contributed by atoms with Gasteiger partial charge in [-0.15, -0.1) is 22.7 Å². The van der Waals surface area contributed by atoms with Crippen LogP contribution in [0.3, 0.4) is 0 Å². The zero-order valence-electron chi connectivity index (χ0n) is 10.4. The zero-order chi connectivity index (χ0) is 14.3. The molecule has 2 aromatic heterocycles. The fourth-order valence-electron chi connectivity index (χ4n) is 2.37. The van der Waals surface area contributed by atoms with Crippen molar-refractivity contribution < 1.29 is 9.59 Å². The van der Waals surface area contributed by atoms with Crippen LogP contribution in [-0.2, 0) is 12.8 Å². The Morgan fingerprint density at radius 3 is 2.80 bits per heavy atom. The molecule has 0 fully saturated rings. The molecule has 0 saturated heterocycles. The Hall–Kier alpha value is -1.18. The van der Waals surface area contributed by atoms with Crippen molar-refractivity contribution in [2.24, 2.45) is 5.73 Å². The summed E-state index contributed by atoms with van der Waals surface area (Å²) in [6.07, 6.45) is 2.87. The Morgan fingerprint density at radius 1 is 1.35 bits per heavy atom. The quantitative estimate of drug-likeness (QED) is 0.868. The Morgan fingerprint density at radius 2 is 2.15 bits per heavy atom. The minimum Gasteiger partial charge on any atom is -0.365 e. The molecule has 104 valence electrons. The maximum absolute atomic E-state index is 12.2. The van der Waals surface area contributed by atoms with Gasteiger partial charge in [-0.2, -0.15) is 0 Å². The molecule has 4 nitrogen and oxygen atoms in total. The summed E-state index contributed by atoms with van der Waals surface area (Å²) in [5.41, 5.74) is 6.97. The van der Waals surface area contributed by atoms with Crippen LogP contribution in [0.4, 0.5) is 5.00 Å². The summed E-state index contributed by atoms with van der Waals surface area (Å²) in [4.78, 5) is 25.6. The highest BCUT2D eigenvalue weighted by atomic mass is 79.9. The third-order valence-corrected chi connectivity index (χ3v) is 6.26. The molecule has 3 rings (SSSR count). The maximum Gasteiger partial charge on any atom is 0.267 e. The minimum absolute atomic E-state index is 0.214. The molecule has 3 N–H and O–H groups in total. The summed E-state index contributed by atoms with van der Waals surface area (Å²) in [6.45, 7) is 0. The highest BCUT2D eigenvalue weighted by molar-refractivity contribution is 9.10. The van der Waals surface area contributed by atoms with Crippen LogP contribution in [0.1, 0.15) is 36.9 Å². The van der Waals surface area contributed by atoms with Crippen molar-refractivity contribution in [3.05, 3.63) is 36.8 Å². The number of thiophene rings is 2. The van der Waals surface area contributed by atoms with Gasteiger partial charge in [-0.1, -0.05) is 0 Å². The third kappa shape index (κ3) is 2.30. The standard InChI is InChI=1S/C13H11BrN2O2S2/c14-7-4-5-19-10(7)12(18)16-13-9(11(15)17)6-2-1-3-8(6)20-13/h4-5H,1-3H2,(H2,15,17)(H,16,18). The molecule has 0 saturated carbocycles. The molecule has 1 aliphatic rings. The van der Waals surface area contributed by atoms with Crippen LogP contribution in [0.15, 0.2) is 15.9 Å². The number of amides is 2. The van der Waals surface area contributed by atoms with Crippen LogP contribution in [0.25, 0.3) is 0 Å². The number of halogens is 1. The average Bonchev–Trinajstić information content (AvgIpc) is 3.03. The van der Waals surface area contributed by atoms with Crippen LogP contribution >= 0.6 is 38.6 Å². The van der Waals surface area contributed by atoms with Gasteiger partial charge in [0.15, 0.2) is 0 Å². The monoisotopic (exact) mass is 370 g/mol. The van der Waals surface area contributed by atoms with E-state index in [0.29, 0.717) is 15.4 Å². The van der Waals surface area contributed by atoms with E-state index in [1.165, 1.54) is 27.6 Å². The summed E-state index contributed by atoms with van der Waals surface area (Å²) >= 11 is 6.15. The van der Waals surface area contributed by atoms with Crippen LogP contribution in [0.2, 0.25) is 0 Å². The molecule has 0 aliphatic heterocycles. The van der Waals surface area contributed by atoms with Crippen molar-refractivity contribution in [1.29, 1.82) is 0 Å². The van der Waals surface area contributed by atoms with Gasteiger partial charge in [-0.05, 0) is 52.2 Å². The van der Waals surface area contributed by atoms with E-state index in [0.717, 1.165) is 29.3 Å². The third-order valence-electron chi connectivity index (χ3n) is 3.22. The summed E-state index contributed by atoms with van der Waals surface area (Å²) < 4.78 is 0.754. The normalized spacial score (nSPS) is 13.2. The van der Waals surface area contributed by atoms with E-state index >= 15 is 0 Å². The Bertz CT molecular complexity index is 705. The predicted octanol–water partition coefficient (Wildman–Crippen LogP) is 3.41. The number of hydrogen-bond acceptors (Lipinski definition) is 4. The lowest BCUT2D eigenvalue weighted by Crippen LogP contribution is -2.17. The SMILES string of the molecule is NC(=O)c1c(NC(=O)c2sccc2Br)sc2c1CCC2. The number of aryl methyl sites for hydroxylation is 1. The van der Waals surface area contributed by atoms with Crippen molar-refractivity contribution in [3.63, 3.8) is 0 Å². The number of nitrogens with one attached hydrogen (secondary N) is 1. The molecule has 0 spiro atoms. The van der Waals surface area contributed by atoms with Crippen LogP contribution < -0.4 is 11.1 Å². The van der Waals surface area contributed by atoms with E-state index in [1.807, 2.05) is 11.4 Å². The summed E-state index contributed by atoms with van der Waals surface area (Å²) in [5, 5.41) is 5.24. The molecular weight excluding hydrogens is 360 g/mol. The van der Waals surface area contributed by atoms with E-state index in [2.05, 4.69) is 21.2 Å². The molecular formula is C13H11BrN2O2S2. The first-order chi connectivity index (χ1) is 9.58. The minimum atomic E-state index is -0.468. The molecule has 0 unspecified atom stereocenters. The molecule has 0 bridgehead atoms. The van der Waals surface area contributed by atoms with Gasteiger partial charge in [0.05, 0.1) is 5.56 Å². The molecule has 0 atom stereocenters. The van der Waals surface area contributed by atoms with Crippen molar-refractivity contribution in [3.8, 4) is 0 Å². The number of carbonyl (C=O) groups is 2. The van der Waals surface area contributed by atoms with E-state index in [1.54, 1.807) is 0 Å². The number of rotatable bonds is 3. The lowest BCUT2D eigenvalue weighted by atomic mass is 10.1. The molecule has 1 aliphatic carbocycles. The van der Waals surface area contributed by atoms with E-state index in [9.17, 15) is 9.59 Å². The van der Waals surface area contributed by atoms with Crippen molar-refractivity contribution in [2.45, 2.75) is 19.3 Å². The fraction of sp³-hybridized carbons (Fsp3) is 0.231. The first kappa shape index (κ1) is 13.8. The molecule has 2 aromatic rings. The lowest BCUT2D eigenvalue weighted by Gasteiger charge is -2.05. The predicted molar refractivity (Wildman–Crippen MR) is 84.8 cm³/mol. The second kappa shape index (κ2) is 5.31. The van der Waals surface area contributed by atoms with Crippen molar-refractivity contribution in [2.75, 3.05) is 5.32 Å². The van der Waals surface area contributed by atoms with Gasteiger partial charge < -0.3 is 11.1 Å². The van der Waals surface area contributed by atoms with Crippen LogP contribution in [0.5, 0.6) is 0 Å². The summed E-state index contributed by atoms with van der Waals surface area (Å²) in [5.74, 6) is -0.681. The van der Waals surface area contributed by atoms with Crippen molar-refractivity contribution >= 4 is 55.4 Å². The Balaban J connectivity index is 1.94. The van der Waals surface area contributed by atoms with E-state index < -0.39 is 5.91 Å². The number of nitrogens with two attached hydrogens (primary N) is 1. The van der Waals surface area contributed by atoms with Gasteiger partial charge >= 0.3 is 0 Å². The molecule has 2 amide bonds. The number of hydrogen-bond donors (Lipinski definition) is 2. The number of carbonyl (C=O) groups excluding carboxylic acids is 2. The largest absolute Gasteiger partial charge is 0.365 e. The smallest absolute Gasteiger partial charge is 0.267 e. The van der Waals surface area contributed by atoms with Gasteiger partial charge in [-0.3, -0.25) is 9.59 Å². The van der Waals surface area contributed by atoms with Gasteiger partial charge in [0, 0.05) is 9.35 Å². The number of fused-ring (bicyclic) bond motifs is 1. The zero-order valence-corrected chi connectivity index (χ0v) is 13.6. The summed E-state index contributed by atoms with van der Waals surface area (Å²) in [6, 6.07) is 1.82. The molecule has 7 heteroatoms. The molecule has 2 heterocycles. The van der Waals surface area contributed by atoms with Crippen LogP contribution in [-0.4, -0.2) is 11.8 Å². The second-order valence-corrected chi connectivity index (χ2v) is 7.35. The van der Waals surface area contributed by atoms with Crippen LogP contribution in [0, 0.1) is 0 Å².